The van der Waals surface area contributed by atoms with Crippen molar-refractivity contribution in [3.63, 3.8) is 0 Å². The molecule has 2 fully saturated rings. The van der Waals surface area contributed by atoms with Crippen LogP contribution in [-0.2, 0) is 4.74 Å². The van der Waals surface area contributed by atoms with Gasteiger partial charge >= 0.3 is 0 Å². The molecular formula is C9H13NO. The van der Waals surface area contributed by atoms with Gasteiger partial charge in [-0.2, -0.15) is 0 Å². The first-order chi connectivity index (χ1) is 5.31. The van der Waals surface area contributed by atoms with Gasteiger partial charge in [0.05, 0.1) is 18.1 Å². The molecule has 0 spiro atoms. The Bertz CT molecular complexity index is 196. The predicted octanol–water partition coefficient (Wildman–Crippen LogP) is 1.86. The fourth-order valence-corrected chi connectivity index (χ4v) is 2.28. The Kier molecular flexibility index (Phi) is 1.61. The summed E-state index contributed by atoms with van der Waals surface area (Å²) < 4.78 is 5.66. The van der Waals surface area contributed by atoms with E-state index in [9.17, 15) is 0 Å². The van der Waals surface area contributed by atoms with Crippen LogP contribution in [0, 0.1) is 12.5 Å². The van der Waals surface area contributed by atoms with E-state index in [2.05, 4.69) is 4.85 Å². The van der Waals surface area contributed by atoms with Crippen LogP contribution in [0.15, 0.2) is 0 Å². The average Bonchev–Trinajstić information content (AvgIpc) is 2.62. The summed E-state index contributed by atoms with van der Waals surface area (Å²) in [6, 6.07) is 0.172. The lowest BCUT2D eigenvalue weighted by molar-refractivity contribution is 0.0912. The first-order valence-electron chi connectivity index (χ1n) is 4.33. The predicted molar refractivity (Wildman–Crippen MR) is 42.1 cm³/mol. The molecule has 0 aromatic rings. The Morgan fingerprint density at radius 3 is 2.82 bits per heavy atom. The summed E-state index contributed by atoms with van der Waals surface area (Å²) in [5.41, 5.74) is 0. The normalized spacial score (nSPS) is 43.8. The molecule has 0 N–H and O–H groups in total. The molecule has 0 amide bonds. The highest BCUT2D eigenvalue weighted by Gasteiger charge is 2.45. The SMILES string of the molecule is [C-]#[N+]C(C)C1CC2CCC1O2. The summed E-state index contributed by atoms with van der Waals surface area (Å²) >= 11 is 0. The molecule has 2 heteroatoms. The first-order valence-corrected chi connectivity index (χ1v) is 4.33. The smallest absolute Gasteiger partial charge is 0.226 e. The van der Waals surface area contributed by atoms with Crippen LogP contribution < -0.4 is 0 Å². The summed E-state index contributed by atoms with van der Waals surface area (Å²) in [7, 11) is 0. The lowest BCUT2D eigenvalue weighted by atomic mass is 9.85. The summed E-state index contributed by atoms with van der Waals surface area (Å²) in [5.74, 6) is 0.534. The third-order valence-corrected chi connectivity index (χ3v) is 2.98. The Hall–Kier alpha value is -0.550. The van der Waals surface area contributed by atoms with E-state index < -0.39 is 0 Å². The highest BCUT2D eigenvalue weighted by Crippen LogP contribution is 2.40. The van der Waals surface area contributed by atoms with Gasteiger partial charge in [-0.25, -0.2) is 6.57 Å². The van der Waals surface area contributed by atoms with E-state index in [1.54, 1.807) is 0 Å². The first kappa shape index (κ1) is 7.12. The van der Waals surface area contributed by atoms with Gasteiger partial charge in [-0.3, -0.25) is 0 Å². The second kappa shape index (κ2) is 2.49. The molecule has 2 nitrogen and oxygen atoms in total. The molecular weight excluding hydrogens is 138 g/mol. The third kappa shape index (κ3) is 1.04. The molecule has 2 aliphatic rings. The van der Waals surface area contributed by atoms with E-state index in [0.717, 1.165) is 6.42 Å². The average molecular weight is 151 g/mol. The van der Waals surface area contributed by atoms with Gasteiger partial charge in [0, 0.05) is 6.92 Å². The van der Waals surface area contributed by atoms with Gasteiger partial charge in [0.15, 0.2) is 0 Å². The fraction of sp³-hybridized carbons (Fsp3) is 0.889. The molecule has 2 heterocycles. The second-order valence-corrected chi connectivity index (χ2v) is 3.64. The fourth-order valence-electron chi connectivity index (χ4n) is 2.28. The molecule has 0 saturated carbocycles. The number of fused-ring (bicyclic) bond motifs is 2. The van der Waals surface area contributed by atoms with Gasteiger partial charge in [-0.15, -0.1) is 0 Å². The Morgan fingerprint density at radius 1 is 1.55 bits per heavy atom. The zero-order valence-electron chi connectivity index (χ0n) is 6.79. The largest absolute Gasteiger partial charge is 0.374 e. The number of hydrogen-bond donors (Lipinski definition) is 0. The molecule has 0 aromatic carbocycles. The number of rotatable bonds is 1. The van der Waals surface area contributed by atoms with Crippen molar-refractivity contribution in [1.29, 1.82) is 0 Å². The minimum absolute atomic E-state index is 0.172. The molecule has 0 aromatic heterocycles. The van der Waals surface area contributed by atoms with Crippen LogP contribution in [-0.4, -0.2) is 18.2 Å². The van der Waals surface area contributed by atoms with E-state index in [0.29, 0.717) is 18.1 Å². The topological polar surface area (TPSA) is 13.6 Å². The van der Waals surface area contributed by atoms with E-state index in [1.165, 1.54) is 12.8 Å². The van der Waals surface area contributed by atoms with E-state index in [-0.39, 0.29) is 6.04 Å². The Morgan fingerprint density at radius 2 is 2.36 bits per heavy atom. The quantitative estimate of drug-likeness (QED) is 0.521. The van der Waals surface area contributed by atoms with E-state index >= 15 is 0 Å². The van der Waals surface area contributed by atoms with Crippen molar-refractivity contribution in [1.82, 2.24) is 0 Å². The molecule has 2 bridgehead atoms. The van der Waals surface area contributed by atoms with Crippen molar-refractivity contribution in [2.45, 2.75) is 44.4 Å². The number of nitrogens with zero attached hydrogens (tertiary/aromatic N) is 1. The van der Waals surface area contributed by atoms with Crippen LogP contribution in [0.5, 0.6) is 0 Å². The van der Waals surface area contributed by atoms with E-state index in [4.69, 9.17) is 11.3 Å². The molecule has 4 unspecified atom stereocenters. The van der Waals surface area contributed by atoms with Gasteiger partial charge in [-0.05, 0) is 19.3 Å². The second-order valence-electron chi connectivity index (χ2n) is 3.64. The zero-order valence-corrected chi connectivity index (χ0v) is 6.79. The van der Waals surface area contributed by atoms with Crippen LogP contribution >= 0.6 is 0 Å². The van der Waals surface area contributed by atoms with Crippen molar-refractivity contribution < 1.29 is 4.74 Å². The van der Waals surface area contributed by atoms with E-state index in [1.807, 2.05) is 6.92 Å². The van der Waals surface area contributed by atoms with Gasteiger partial charge in [0.1, 0.15) is 0 Å². The molecule has 60 valence electrons. The molecule has 11 heavy (non-hydrogen) atoms. The van der Waals surface area contributed by atoms with Crippen LogP contribution in [0.4, 0.5) is 0 Å². The van der Waals surface area contributed by atoms with Crippen LogP contribution in [0.3, 0.4) is 0 Å². The Balaban J connectivity index is 2.03. The van der Waals surface area contributed by atoms with Crippen LogP contribution in [0.25, 0.3) is 4.85 Å². The highest BCUT2D eigenvalue weighted by molar-refractivity contribution is 4.97. The maximum Gasteiger partial charge on any atom is 0.226 e. The van der Waals surface area contributed by atoms with Crippen LogP contribution in [0.1, 0.15) is 26.2 Å². The van der Waals surface area contributed by atoms with Gasteiger partial charge in [0.2, 0.25) is 6.04 Å². The van der Waals surface area contributed by atoms with Gasteiger partial charge < -0.3 is 9.58 Å². The summed E-state index contributed by atoms with van der Waals surface area (Å²) in [4.78, 5) is 3.56. The zero-order chi connectivity index (χ0) is 7.84. The van der Waals surface area contributed by atoms with Crippen molar-refractivity contribution >= 4 is 0 Å². The van der Waals surface area contributed by atoms with Crippen molar-refractivity contribution in [2.24, 2.45) is 5.92 Å². The van der Waals surface area contributed by atoms with Crippen molar-refractivity contribution in [3.05, 3.63) is 11.4 Å². The summed E-state index contributed by atoms with van der Waals surface area (Å²) in [5, 5.41) is 0. The lowest BCUT2D eigenvalue weighted by Gasteiger charge is -2.16. The third-order valence-electron chi connectivity index (χ3n) is 2.98. The summed E-state index contributed by atoms with van der Waals surface area (Å²) in [6.45, 7) is 8.94. The molecule has 4 atom stereocenters. The minimum Gasteiger partial charge on any atom is -0.374 e. The Labute approximate surface area is 67.4 Å². The minimum atomic E-state index is 0.172. The van der Waals surface area contributed by atoms with Gasteiger partial charge in [-0.1, -0.05) is 0 Å². The molecule has 2 rings (SSSR count). The van der Waals surface area contributed by atoms with Crippen LogP contribution in [0.2, 0.25) is 0 Å². The summed E-state index contributed by atoms with van der Waals surface area (Å²) in [6.07, 6.45) is 4.47. The molecule has 2 aliphatic heterocycles. The van der Waals surface area contributed by atoms with Crippen molar-refractivity contribution in [2.75, 3.05) is 0 Å². The number of hydrogen-bond acceptors (Lipinski definition) is 1. The maximum absolute atomic E-state index is 6.92. The highest BCUT2D eigenvalue weighted by atomic mass is 16.5. The lowest BCUT2D eigenvalue weighted by Crippen LogP contribution is -2.24. The standard InChI is InChI=1S/C9H13NO/c1-6(10-2)8-5-7-3-4-9(8)11-7/h6-9H,3-5H2,1H3. The maximum atomic E-state index is 6.92. The molecule has 0 aliphatic carbocycles. The number of ether oxygens (including phenoxy) is 1. The monoisotopic (exact) mass is 151 g/mol. The van der Waals surface area contributed by atoms with Gasteiger partial charge in [0.25, 0.3) is 0 Å². The molecule has 0 radical (unpaired) electrons. The molecule has 2 saturated heterocycles. The van der Waals surface area contributed by atoms with Crippen molar-refractivity contribution in [3.8, 4) is 0 Å².